The fraction of sp³-hybridized carbons (Fsp3) is 0.167. The molecule has 0 aliphatic heterocycles. The lowest BCUT2D eigenvalue weighted by molar-refractivity contribution is 0.412. The molecular weight excluding hydrogens is 336 g/mol. The third kappa shape index (κ3) is 2.87. The second kappa shape index (κ2) is 6.04. The molecule has 3 nitrogen and oxygen atoms in total. The first-order chi connectivity index (χ1) is 8.65. The number of nitrogens with two attached hydrogens (primary N) is 1. The van der Waals surface area contributed by atoms with E-state index in [0.29, 0.717) is 0 Å². The molecule has 2 aromatic rings. The third-order valence-corrected chi connectivity index (χ3v) is 4.47. The lowest BCUT2D eigenvalue weighted by Gasteiger charge is -2.16. The van der Waals surface area contributed by atoms with Gasteiger partial charge in [-0.25, -0.2) is 5.43 Å². The molecule has 2 rings (SSSR count). The Hall–Kier alpha value is -0.590. The van der Waals surface area contributed by atoms with Crippen molar-refractivity contribution in [1.82, 2.24) is 5.43 Å². The van der Waals surface area contributed by atoms with Gasteiger partial charge in [0.1, 0.15) is 5.75 Å². The number of thiophene rings is 1. The summed E-state index contributed by atoms with van der Waals surface area (Å²) in [6.45, 7) is 0. The van der Waals surface area contributed by atoms with Gasteiger partial charge in [0.25, 0.3) is 0 Å². The molecule has 1 heterocycles. The van der Waals surface area contributed by atoms with Crippen molar-refractivity contribution < 1.29 is 4.74 Å². The number of hydrazine groups is 1. The molecular formula is C12H12BrClN2OS. The summed E-state index contributed by atoms with van der Waals surface area (Å²) in [5.41, 5.74) is 3.85. The van der Waals surface area contributed by atoms with E-state index in [-0.39, 0.29) is 6.04 Å². The quantitative estimate of drug-likeness (QED) is 0.654. The summed E-state index contributed by atoms with van der Waals surface area (Å²) in [5, 5.41) is 0. The van der Waals surface area contributed by atoms with Gasteiger partial charge in [0.15, 0.2) is 0 Å². The average molecular weight is 348 g/mol. The normalized spacial score (nSPS) is 12.4. The van der Waals surface area contributed by atoms with E-state index in [1.54, 1.807) is 7.11 Å². The van der Waals surface area contributed by atoms with Crippen molar-refractivity contribution in [2.45, 2.75) is 6.04 Å². The second-order valence-electron chi connectivity index (χ2n) is 3.64. The molecule has 0 saturated carbocycles. The highest BCUT2D eigenvalue weighted by atomic mass is 79.9. The Balaban J connectivity index is 2.36. The van der Waals surface area contributed by atoms with Crippen LogP contribution >= 0.6 is 38.9 Å². The highest BCUT2D eigenvalue weighted by Gasteiger charge is 2.15. The zero-order valence-corrected chi connectivity index (χ0v) is 12.8. The van der Waals surface area contributed by atoms with E-state index in [9.17, 15) is 0 Å². The molecule has 3 N–H and O–H groups in total. The summed E-state index contributed by atoms with van der Waals surface area (Å²) in [7, 11) is 1.64. The summed E-state index contributed by atoms with van der Waals surface area (Å²) in [6.07, 6.45) is 0. The van der Waals surface area contributed by atoms with Gasteiger partial charge in [0, 0.05) is 4.88 Å². The molecule has 96 valence electrons. The van der Waals surface area contributed by atoms with Gasteiger partial charge in [-0.1, -0.05) is 17.7 Å². The van der Waals surface area contributed by atoms with Crippen LogP contribution in [0.4, 0.5) is 0 Å². The fourth-order valence-electron chi connectivity index (χ4n) is 1.69. The van der Waals surface area contributed by atoms with Crippen molar-refractivity contribution in [3.05, 3.63) is 49.6 Å². The molecule has 0 saturated heterocycles. The maximum Gasteiger partial charge on any atom is 0.133 e. The number of nitrogens with one attached hydrogen (secondary N) is 1. The van der Waals surface area contributed by atoms with E-state index < -0.39 is 0 Å². The summed E-state index contributed by atoms with van der Waals surface area (Å²) >= 11 is 10.9. The van der Waals surface area contributed by atoms with Crippen LogP contribution in [0.2, 0.25) is 4.34 Å². The van der Waals surface area contributed by atoms with Crippen molar-refractivity contribution >= 4 is 38.9 Å². The molecule has 0 amide bonds. The Labute approximate surface area is 123 Å². The number of rotatable bonds is 4. The van der Waals surface area contributed by atoms with Crippen molar-refractivity contribution in [3.8, 4) is 5.75 Å². The smallest absolute Gasteiger partial charge is 0.133 e. The van der Waals surface area contributed by atoms with Crippen LogP contribution in [0, 0.1) is 0 Å². The number of methoxy groups -OCH3 is 1. The first-order valence-corrected chi connectivity index (χ1v) is 7.19. The van der Waals surface area contributed by atoms with Gasteiger partial charge in [0.2, 0.25) is 0 Å². The van der Waals surface area contributed by atoms with Crippen LogP contribution in [0.15, 0.2) is 34.8 Å². The average Bonchev–Trinajstić information content (AvgIpc) is 2.77. The maximum absolute atomic E-state index is 5.95. The van der Waals surface area contributed by atoms with Gasteiger partial charge in [-0.15, -0.1) is 11.3 Å². The number of hydrogen-bond donors (Lipinski definition) is 2. The van der Waals surface area contributed by atoms with Crippen molar-refractivity contribution in [3.63, 3.8) is 0 Å². The number of halogens is 2. The van der Waals surface area contributed by atoms with Crippen LogP contribution in [-0.2, 0) is 0 Å². The molecule has 0 spiro atoms. The van der Waals surface area contributed by atoms with E-state index in [4.69, 9.17) is 22.2 Å². The van der Waals surface area contributed by atoms with Crippen molar-refractivity contribution in [1.29, 1.82) is 0 Å². The van der Waals surface area contributed by atoms with Crippen LogP contribution in [-0.4, -0.2) is 7.11 Å². The molecule has 0 fully saturated rings. The van der Waals surface area contributed by atoms with E-state index in [1.165, 1.54) is 11.3 Å². The zero-order valence-electron chi connectivity index (χ0n) is 9.61. The van der Waals surface area contributed by atoms with Crippen LogP contribution < -0.4 is 16.0 Å². The van der Waals surface area contributed by atoms with E-state index in [1.807, 2.05) is 30.3 Å². The summed E-state index contributed by atoms with van der Waals surface area (Å²) in [4.78, 5) is 1.07. The minimum Gasteiger partial charge on any atom is -0.496 e. The van der Waals surface area contributed by atoms with Crippen molar-refractivity contribution in [2.75, 3.05) is 7.11 Å². The summed E-state index contributed by atoms with van der Waals surface area (Å²) in [5.74, 6) is 6.42. The van der Waals surface area contributed by atoms with Crippen LogP contribution in [0.5, 0.6) is 5.75 Å². The Bertz CT molecular complexity index is 547. The molecule has 1 unspecified atom stereocenters. The standard InChI is InChI=1S/C12H12BrClN2OS/c1-17-9-3-2-7(6-8(9)13)12(16-15)10-4-5-11(14)18-10/h2-6,12,16H,15H2,1H3. The van der Waals surface area contributed by atoms with Crippen molar-refractivity contribution in [2.24, 2.45) is 5.84 Å². The molecule has 0 aliphatic rings. The number of hydrogen-bond acceptors (Lipinski definition) is 4. The molecule has 1 aromatic heterocycles. The minimum absolute atomic E-state index is 0.0790. The van der Waals surface area contributed by atoms with Gasteiger partial charge < -0.3 is 4.74 Å². The summed E-state index contributed by atoms with van der Waals surface area (Å²) in [6, 6.07) is 9.61. The Morgan fingerprint density at radius 3 is 2.67 bits per heavy atom. The van der Waals surface area contributed by atoms with Crippen LogP contribution in [0.1, 0.15) is 16.5 Å². The Kier molecular flexibility index (Phi) is 4.64. The predicted molar refractivity (Wildman–Crippen MR) is 79.2 cm³/mol. The molecule has 1 aromatic carbocycles. The molecule has 6 heteroatoms. The summed E-state index contributed by atoms with van der Waals surface area (Å²) < 4.78 is 6.85. The third-order valence-electron chi connectivity index (χ3n) is 2.55. The van der Waals surface area contributed by atoms with Crippen LogP contribution in [0.25, 0.3) is 0 Å². The van der Waals surface area contributed by atoms with Gasteiger partial charge in [-0.2, -0.15) is 0 Å². The Morgan fingerprint density at radius 1 is 1.39 bits per heavy atom. The highest BCUT2D eigenvalue weighted by Crippen LogP contribution is 2.34. The number of ether oxygens (including phenoxy) is 1. The lowest BCUT2D eigenvalue weighted by atomic mass is 10.1. The molecule has 0 bridgehead atoms. The highest BCUT2D eigenvalue weighted by molar-refractivity contribution is 9.10. The maximum atomic E-state index is 5.95. The molecule has 0 aliphatic carbocycles. The fourth-order valence-corrected chi connectivity index (χ4v) is 3.40. The van der Waals surface area contributed by atoms with Gasteiger partial charge in [-0.3, -0.25) is 5.84 Å². The van der Waals surface area contributed by atoms with E-state index in [0.717, 1.165) is 25.0 Å². The topological polar surface area (TPSA) is 47.3 Å². The largest absolute Gasteiger partial charge is 0.496 e. The first-order valence-electron chi connectivity index (χ1n) is 5.20. The number of benzene rings is 1. The monoisotopic (exact) mass is 346 g/mol. The van der Waals surface area contributed by atoms with Crippen LogP contribution in [0.3, 0.4) is 0 Å². The Morgan fingerprint density at radius 2 is 2.17 bits per heavy atom. The predicted octanol–water partition coefficient (Wildman–Crippen LogP) is 3.73. The molecule has 0 radical (unpaired) electrons. The van der Waals surface area contributed by atoms with Gasteiger partial charge in [-0.05, 0) is 45.8 Å². The lowest BCUT2D eigenvalue weighted by Crippen LogP contribution is -2.28. The second-order valence-corrected chi connectivity index (χ2v) is 6.24. The first kappa shape index (κ1) is 13.8. The van der Waals surface area contributed by atoms with E-state index >= 15 is 0 Å². The zero-order chi connectivity index (χ0) is 13.1. The minimum atomic E-state index is -0.0790. The van der Waals surface area contributed by atoms with E-state index in [2.05, 4.69) is 21.4 Å². The van der Waals surface area contributed by atoms with Gasteiger partial charge in [0.05, 0.1) is 22.0 Å². The van der Waals surface area contributed by atoms with Gasteiger partial charge >= 0.3 is 0 Å². The molecule has 1 atom stereocenters. The SMILES string of the molecule is COc1ccc(C(NN)c2ccc(Cl)s2)cc1Br. The molecule has 18 heavy (non-hydrogen) atoms.